The quantitative estimate of drug-likeness (QED) is 0.834. The van der Waals surface area contributed by atoms with Gasteiger partial charge in [-0.15, -0.1) is 11.6 Å². The second kappa shape index (κ2) is 3.67. The fourth-order valence-electron chi connectivity index (χ4n) is 1.94. The Morgan fingerprint density at radius 3 is 3.06 bits per heavy atom. The average Bonchev–Trinajstić information content (AvgIpc) is 2.96. The molecule has 0 aliphatic heterocycles. The number of fused-ring (bicyclic) bond motifs is 1. The Morgan fingerprint density at radius 2 is 2.31 bits per heavy atom. The summed E-state index contributed by atoms with van der Waals surface area (Å²) in [5, 5.41) is 0.0251. The van der Waals surface area contributed by atoms with Crippen LogP contribution < -0.4 is 5.76 Å². The molecule has 1 aromatic carbocycles. The predicted molar refractivity (Wildman–Crippen MR) is 62.8 cm³/mol. The van der Waals surface area contributed by atoms with Crippen LogP contribution >= 0.6 is 11.6 Å². The Hall–Kier alpha value is -1.22. The number of hydrogen-bond donors (Lipinski definition) is 1. The van der Waals surface area contributed by atoms with Crippen LogP contribution in [0, 0.1) is 5.92 Å². The molecule has 16 heavy (non-hydrogen) atoms. The molecule has 3 nitrogen and oxygen atoms in total. The summed E-state index contributed by atoms with van der Waals surface area (Å²) in [5.41, 5.74) is 2.34. The normalized spacial score (nSPS) is 17.8. The number of aromatic amines is 1. The standard InChI is InChI=1S/C12H12ClNO2/c13-9(5-7-1-2-7)8-3-4-10-11(6-8)16-12(15)14-10/h3-4,6-7,9H,1-2,5H2,(H,14,15). The summed E-state index contributed by atoms with van der Waals surface area (Å²) in [4.78, 5) is 13.6. The van der Waals surface area contributed by atoms with Gasteiger partial charge in [-0.1, -0.05) is 18.9 Å². The maximum atomic E-state index is 11.0. The van der Waals surface area contributed by atoms with Crippen LogP contribution in [0.2, 0.25) is 0 Å². The summed E-state index contributed by atoms with van der Waals surface area (Å²) in [7, 11) is 0. The van der Waals surface area contributed by atoms with E-state index in [0.29, 0.717) is 5.58 Å². The van der Waals surface area contributed by atoms with Crippen LogP contribution in [0.1, 0.15) is 30.2 Å². The third kappa shape index (κ3) is 1.87. The predicted octanol–water partition coefficient (Wildman–Crippen LogP) is 3.20. The molecule has 1 atom stereocenters. The Balaban J connectivity index is 1.93. The highest BCUT2D eigenvalue weighted by Gasteiger charge is 2.25. The van der Waals surface area contributed by atoms with E-state index >= 15 is 0 Å². The molecule has 1 aromatic heterocycles. The number of H-pyrrole nitrogens is 1. The summed E-state index contributed by atoms with van der Waals surface area (Å²) in [6.07, 6.45) is 3.61. The molecule has 2 aromatic rings. The molecule has 0 spiro atoms. The van der Waals surface area contributed by atoms with Crippen molar-refractivity contribution in [1.82, 2.24) is 4.98 Å². The molecule has 0 radical (unpaired) electrons. The largest absolute Gasteiger partial charge is 0.417 e. The molecule has 1 unspecified atom stereocenters. The van der Waals surface area contributed by atoms with Crippen LogP contribution in [0.4, 0.5) is 0 Å². The molecular formula is C12H12ClNO2. The number of halogens is 1. The Labute approximate surface area is 97.4 Å². The van der Waals surface area contributed by atoms with E-state index in [1.165, 1.54) is 12.8 Å². The monoisotopic (exact) mass is 237 g/mol. The lowest BCUT2D eigenvalue weighted by Gasteiger charge is -2.08. The number of rotatable bonds is 3. The smallest absolute Gasteiger partial charge is 0.408 e. The van der Waals surface area contributed by atoms with Crippen molar-refractivity contribution in [3.63, 3.8) is 0 Å². The SMILES string of the molecule is O=c1[nH]c2ccc(C(Cl)CC3CC3)cc2o1. The first-order valence-electron chi connectivity index (χ1n) is 5.49. The second-order valence-electron chi connectivity index (χ2n) is 4.42. The third-order valence-corrected chi connectivity index (χ3v) is 3.47. The molecule has 1 saturated carbocycles. The average molecular weight is 238 g/mol. The topological polar surface area (TPSA) is 46.0 Å². The van der Waals surface area contributed by atoms with Gasteiger partial charge in [-0.2, -0.15) is 0 Å². The van der Waals surface area contributed by atoms with Gasteiger partial charge in [0.05, 0.1) is 10.9 Å². The number of alkyl halides is 1. The molecule has 1 fully saturated rings. The van der Waals surface area contributed by atoms with E-state index in [1.54, 1.807) is 0 Å². The van der Waals surface area contributed by atoms with E-state index in [1.807, 2.05) is 18.2 Å². The summed E-state index contributed by atoms with van der Waals surface area (Å²) in [5.74, 6) is 0.372. The van der Waals surface area contributed by atoms with Crippen molar-refractivity contribution in [3.05, 3.63) is 34.3 Å². The summed E-state index contributed by atoms with van der Waals surface area (Å²) < 4.78 is 5.01. The maximum absolute atomic E-state index is 11.0. The number of nitrogens with one attached hydrogen (secondary N) is 1. The van der Waals surface area contributed by atoms with Crippen molar-refractivity contribution in [3.8, 4) is 0 Å². The van der Waals surface area contributed by atoms with Gasteiger partial charge in [-0.25, -0.2) is 4.79 Å². The summed E-state index contributed by atoms with van der Waals surface area (Å²) in [6, 6.07) is 5.65. The molecule has 84 valence electrons. The van der Waals surface area contributed by atoms with Gasteiger partial charge in [-0.3, -0.25) is 4.98 Å². The van der Waals surface area contributed by atoms with Crippen LogP contribution in [-0.2, 0) is 0 Å². The number of aromatic nitrogens is 1. The fraction of sp³-hybridized carbons (Fsp3) is 0.417. The number of hydrogen-bond acceptors (Lipinski definition) is 2. The Kier molecular flexibility index (Phi) is 2.28. The highest BCUT2D eigenvalue weighted by molar-refractivity contribution is 6.20. The zero-order valence-corrected chi connectivity index (χ0v) is 9.46. The van der Waals surface area contributed by atoms with Gasteiger partial charge in [0.25, 0.3) is 0 Å². The van der Waals surface area contributed by atoms with Crippen molar-refractivity contribution < 1.29 is 4.42 Å². The highest BCUT2D eigenvalue weighted by atomic mass is 35.5. The minimum Gasteiger partial charge on any atom is -0.408 e. The first-order chi connectivity index (χ1) is 7.72. The summed E-state index contributed by atoms with van der Waals surface area (Å²) in [6.45, 7) is 0. The number of benzene rings is 1. The molecule has 1 aliphatic carbocycles. The molecule has 0 bridgehead atoms. The third-order valence-electron chi connectivity index (χ3n) is 3.04. The zero-order chi connectivity index (χ0) is 11.1. The molecule has 1 N–H and O–H groups in total. The van der Waals surface area contributed by atoms with E-state index in [4.69, 9.17) is 16.0 Å². The molecule has 1 aliphatic rings. The fourth-order valence-corrected chi connectivity index (χ4v) is 2.33. The molecule has 0 saturated heterocycles. The van der Waals surface area contributed by atoms with Crippen LogP contribution in [0.5, 0.6) is 0 Å². The van der Waals surface area contributed by atoms with Crippen LogP contribution in [0.3, 0.4) is 0 Å². The highest BCUT2D eigenvalue weighted by Crippen LogP contribution is 2.40. The molecule has 1 heterocycles. The van der Waals surface area contributed by atoms with Crippen molar-refractivity contribution in [1.29, 1.82) is 0 Å². The molecule has 4 heteroatoms. The van der Waals surface area contributed by atoms with Crippen molar-refractivity contribution in [2.45, 2.75) is 24.6 Å². The number of oxazole rings is 1. The molecule has 0 amide bonds. The molecule has 3 rings (SSSR count). The van der Waals surface area contributed by atoms with E-state index in [9.17, 15) is 4.79 Å². The van der Waals surface area contributed by atoms with E-state index in [2.05, 4.69) is 4.98 Å². The molecular weight excluding hydrogens is 226 g/mol. The van der Waals surface area contributed by atoms with Gasteiger partial charge >= 0.3 is 5.76 Å². The van der Waals surface area contributed by atoms with Crippen molar-refractivity contribution in [2.24, 2.45) is 5.92 Å². The zero-order valence-electron chi connectivity index (χ0n) is 8.70. The van der Waals surface area contributed by atoms with E-state index < -0.39 is 5.76 Å². The van der Waals surface area contributed by atoms with Gasteiger partial charge in [0.1, 0.15) is 0 Å². The van der Waals surface area contributed by atoms with Gasteiger partial charge in [-0.05, 0) is 30.0 Å². The second-order valence-corrected chi connectivity index (χ2v) is 4.94. The van der Waals surface area contributed by atoms with E-state index in [0.717, 1.165) is 23.4 Å². The minimum absolute atomic E-state index is 0.0251. The lowest BCUT2D eigenvalue weighted by Crippen LogP contribution is -1.92. The first kappa shape index (κ1) is 9.97. The Morgan fingerprint density at radius 1 is 1.50 bits per heavy atom. The lowest BCUT2D eigenvalue weighted by atomic mass is 10.1. The first-order valence-corrected chi connectivity index (χ1v) is 5.93. The minimum atomic E-state index is -0.416. The summed E-state index contributed by atoms with van der Waals surface area (Å²) >= 11 is 6.32. The van der Waals surface area contributed by atoms with Gasteiger partial charge in [0.15, 0.2) is 5.58 Å². The van der Waals surface area contributed by atoms with Gasteiger partial charge in [0, 0.05) is 0 Å². The van der Waals surface area contributed by atoms with Crippen molar-refractivity contribution in [2.75, 3.05) is 0 Å². The van der Waals surface area contributed by atoms with Crippen molar-refractivity contribution >= 4 is 22.7 Å². The van der Waals surface area contributed by atoms with Gasteiger partial charge < -0.3 is 4.42 Å². The van der Waals surface area contributed by atoms with Gasteiger partial charge in [0.2, 0.25) is 0 Å². The van der Waals surface area contributed by atoms with Crippen LogP contribution in [0.25, 0.3) is 11.1 Å². The van der Waals surface area contributed by atoms with Crippen LogP contribution in [0.15, 0.2) is 27.4 Å². The lowest BCUT2D eigenvalue weighted by molar-refractivity contribution is 0.554. The Bertz CT molecular complexity index is 568. The maximum Gasteiger partial charge on any atom is 0.417 e. The van der Waals surface area contributed by atoms with Crippen LogP contribution in [-0.4, -0.2) is 4.98 Å². The van der Waals surface area contributed by atoms with E-state index in [-0.39, 0.29) is 5.38 Å².